The van der Waals surface area contributed by atoms with Gasteiger partial charge in [-0.1, -0.05) is 6.07 Å². The minimum Gasteiger partial charge on any atom is -0.506 e. The molecule has 1 rings (SSSR count). The first-order valence-electron chi connectivity index (χ1n) is 6.37. The van der Waals surface area contributed by atoms with Crippen LogP contribution < -0.4 is 5.73 Å². The number of hydrogen-bond acceptors (Lipinski definition) is 5. The van der Waals surface area contributed by atoms with E-state index in [1.165, 1.54) is 0 Å². The molecule has 108 valence electrons. The molecule has 0 radical (unpaired) electrons. The summed E-state index contributed by atoms with van der Waals surface area (Å²) < 4.78 is 10.3. The third-order valence-corrected chi connectivity index (χ3v) is 3.09. The second kappa shape index (κ2) is 7.99. The van der Waals surface area contributed by atoms with Crippen LogP contribution in [0.15, 0.2) is 18.2 Å². The summed E-state index contributed by atoms with van der Waals surface area (Å²) in [6.07, 6.45) is 0. The number of nitrogens with two attached hydrogens (primary N) is 1. The number of ether oxygens (including phenoxy) is 2. The molecule has 0 saturated carbocycles. The summed E-state index contributed by atoms with van der Waals surface area (Å²) in [6.45, 7) is 5.02. The first-order valence-corrected chi connectivity index (χ1v) is 6.37. The van der Waals surface area contributed by atoms with Crippen molar-refractivity contribution >= 4 is 5.69 Å². The van der Waals surface area contributed by atoms with Gasteiger partial charge in [0.1, 0.15) is 5.75 Å². The van der Waals surface area contributed by atoms with E-state index in [1.54, 1.807) is 26.4 Å². The van der Waals surface area contributed by atoms with E-state index in [0.717, 1.165) is 18.7 Å². The second-order valence-corrected chi connectivity index (χ2v) is 4.66. The van der Waals surface area contributed by atoms with Gasteiger partial charge < -0.3 is 20.3 Å². The number of anilines is 1. The van der Waals surface area contributed by atoms with Gasteiger partial charge in [-0.3, -0.25) is 4.90 Å². The van der Waals surface area contributed by atoms with Crippen LogP contribution >= 0.6 is 0 Å². The van der Waals surface area contributed by atoms with Crippen LogP contribution in [0.2, 0.25) is 0 Å². The predicted molar refractivity (Wildman–Crippen MR) is 76.1 cm³/mol. The Balaban J connectivity index is 2.71. The zero-order valence-electron chi connectivity index (χ0n) is 11.9. The lowest BCUT2D eigenvalue weighted by atomic mass is 10.1. The third-order valence-electron chi connectivity index (χ3n) is 3.09. The molecule has 0 aliphatic rings. The average Bonchev–Trinajstić information content (AvgIpc) is 2.39. The molecule has 0 amide bonds. The number of nitrogens with zero attached hydrogens (tertiary/aromatic N) is 1. The molecule has 0 fully saturated rings. The number of rotatable bonds is 8. The van der Waals surface area contributed by atoms with E-state index in [0.29, 0.717) is 18.9 Å². The van der Waals surface area contributed by atoms with E-state index in [1.807, 2.05) is 6.07 Å². The van der Waals surface area contributed by atoms with Crippen LogP contribution in [0.4, 0.5) is 5.69 Å². The normalized spacial score (nSPS) is 12.8. The molecule has 0 saturated heterocycles. The lowest BCUT2D eigenvalue weighted by Gasteiger charge is -2.28. The SMILES string of the molecule is COCCN(Cc1ccc(O)c(N)c1)C(C)COC. The van der Waals surface area contributed by atoms with Gasteiger partial charge in [0.05, 0.1) is 18.9 Å². The minimum atomic E-state index is 0.122. The third kappa shape index (κ3) is 5.06. The maximum Gasteiger partial charge on any atom is 0.138 e. The zero-order chi connectivity index (χ0) is 14.3. The fourth-order valence-electron chi connectivity index (χ4n) is 1.95. The maximum absolute atomic E-state index is 9.43. The predicted octanol–water partition coefficient (Wildman–Crippen LogP) is 1.46. The Bertz CT molecular complexity index is 385. The van der Waals surface area contributed by atoms with Crippen LogP contribution in [0.5, 0.6) is 5.75 Å². The first kappa shape index (κ1) is 15.8. The zero-order valence-corrected chi connectivity index (χ0v) is 11.9. The Hall–Kier alpha value is -1.30. The van der Waals surface area contributed by atoms with Gasteiger partial charge in [-0.05, 0) is 24.6 Å². The summed E-state index contributed by atoms with van der Waals surface area (Å²) in [7, 11) is 3.39. The summed E-state index contributed by atoms with van der Waals surface area (Å²) in [5.41, 5.74) is 7.18. The molecule has 1 unspecified atom stereocenters. The summed E-state index contributed by atoms with van der Waals surface area (Å²) >= 11 is 0. The molecule has 0 aliphatic heterocycles. The van der Waals surface area contributed by atoms with Crippen LogP contribution in [0.25, 0.3) is 0 Å². The molecule has 1 aromatic carbocycles. The Labute approximate surface area is 114 Å². The van der Waals surface area contributed by atoms with Crippen molar-refractivity contribution in [2.75, 3.05) is 39.7 Å². The van der Waals surface area contributed by atoms with Crippen molar-refractivity contribution in [2.24, 2.45) is 0 Å². The number of aromatic hydroxyl groups is 1. The average molecular weight is 268 g/mol. The quantitative estimate of drug-likeness (QED) is 0.552. The van der Waals surface area contributed by atoms with E-state index in [-0.39, 0.29) is 11.8 Å². The molecule has 0 bridgehead atoms. The van der Waals surface area contributed by atoms with Crippen molar-refractivity contribution < 1.29 is 14.6 Å². The van der Waals surface area contributed by atoms with E-state index >= 15 is 0 Å². The highest BCUT2D eigenvalue weighted by Gasteiger charge is 2.14. The molecule has 0 aromatic heterocycles. The van der Waals surface area contributed by atoms with Crippen molar-refractivity contribution in [1.29, 1.82) is 0 Å². The molecule has 3 N–H and O–H groups in total. The van der Waals surface area contributed by atoms with Gasteiger partial charge in [0.15, 0.2) is 0 Å². The van der Waals surface area contributed by atoms with Crippen LogP contribution in [0.3, 0.4) is 0 Å². The number of methoxy groups -OCH3 is 2. The lowest BCUT2D eigenvalue weighted by molar-refractivity contribution is 0.0705. The smallest absolute Gasteiger partial charge is 0.138 e. The van der Waals surface area contributed by atoms with Gasteiger partial charge in [0, 0.05) is 33.4 Å². The van der Waals surface area contributed by atoms with E-state index < -0.39 is 0 Å². The van der Waals surface area contributed by atoms with E-state index in [4.69, 9.17) is 15.2 Å². The van der Waals surface area contributed by atoms with Crippen LogP contribution in [0.1, 0.15) is 12.5 Å². The molecular weight excluding hydrogens is 244 g/mol. The topological polar surface area (TPSA) is 68.0 Å². The van der Waals surface area contributed by atoms with Gasteiger partial charge in [-0.15, -0.1) is 0 Å². The Morgan fingerprint density at radius 3 is 2.63 bits per heavy atom. The number of benzene rings is 1. The highest BCUT2D eigenvalue weighted by molar-refractivity contribution is 5.53. The van der Waals surface area contributed by atoms with Gasteiger partial charge in [0.2, 0.25) is 0 Å². The number of hydrogen-bond donors (Lipinski definition) is 2. The molecule has 0 aliphatic carbocycles. The van der Waals surface area contributed by atoms with Crippen LogP contribution in [0, 0.1) is 0 Å². The van der Waals surface area contributed by atoms with Gasteiger partial charge in [-0.25, -0.2) is 0 Å². The summed E-state index contributed by atoms with van der Waals surface area (Å²) in [5, 5.41) is 9.43. The van der Waals surface area contributed by atoms with Crippen molar-refractivity contribution in [1.82, 2.24) is 4.90 Å². The highest BCUT2D eigenvalue weighted by atomic mass is 16.5. The van der Waals surface area contributed by atoms with E-state index in [2.05, 4.69) is 11.8 Å². The molecule has 19 heavy (non-hydrogen) atoms. The van der Waals surface area contributed by atoms with Crippen molar-refractivity contribution in [3.05, 3.63) is 23.8 Å². The number of phenolic OH excluding ortho intramolecular Hbond substituents is 1. The Morgan fingerprint density at radius 2 is 2.05 bits per heavy atom. The summed E-state index contributed by atoms with van der Waals surface area (Å²) in [4.78, 5) is 2.26. The van der Waals surface area contributed by atoms with Gasteiger partial charge >= 0.3 is 0 Å². The summed E-state index contributed by atoms with van der Waals surface area (Å²) in [5.74, 6) is 0.122. The van der Waals surface area contributed by atoms with Crippen LogP contribution in [-0.2, 0) is 16.0 Å². The molecule has 0 heterocycles. The first-order chi connectivity index (χ1) is 9.08. The van der Waals surface area contributed by atoms with E-state index in [9.17, 15) is 5.11 Å². The van der Waals surface area contributed by atoms with Crippen molar-refractivity contribution in [3.8, 4) is 5.75 Å². The molecule has 1 atom stereocenters. The highest BCUT2D eigenvalue weighted by Crippen LogP contribution is 2.21. The summed E-state index contributed by atoms with van der Waals surface area (Å²) in [6, 6.07) is 5.59. The van der Waals surface area contributed by atoms with Crippen molar-refractivity contribution in [2.45, 2.75) is 19.5 Å². The molecule has 5 heteroatoms. The Kier molecular flexibility index (Phi) is 6.62. The standard InChI is InChI=1S/C14H24N2O3/c1-11(10-19-3)16(6-7-18-2)9-12-4-5-14(17)13(15)8-12/h4-5,8,11,17H,6-7,9-10,15H2,1-3H3. The second-order valence-electron chi connectivity index (χ2n) is 4.66. The number of phenols is 1. The number of nitrogen functional groups attached to an aromatic ring is 1. The Morgan fingerprint density at radius 1 is 1.32 bits per heavy atom. The largest absolute Gasteiger partial charge is 0.506 e. The molecule has 1 aromatic rings. The molecule has 0 spiro atoms. The van der Waals surface area contributed by atoms with Gasteiger partial charge in [-0.2, -0.15) is 0 Å². The lowest BCUT2D eigenvalue weighted by Crippen LogP contribution is -2.38. The van der Waals surface area contributed by atoms with Crippen LogP contribution in [-0.4, -0.2) is 50.0 Å². The maximum atomic E-state index is 9.43. The van der Waals surface area contributed by atoms with Crippen molar-refractivity contribution in [3.63, 3.8) is 0 Å². The fourth-order valence-corrected chi connectivity index (χ4v) is 1.95. The van der Waals surface area contributed by atoms with Gasteiger partial charge in [0.25, 0.3) is 0 Å². The molecule has 5 nitrogen and oxygen atoms in total. The monoisotopic (exact) mass is 268 g/mol. The minimum absolute atomic E-state index is 0.122. The fraction of sp³-hybridized carbons (Fsp3) is 0.571. The molecular formula is C14H24N2O3.